The lowest BCUT2D eigenvalue weighted by atomic mass is 10.2. The van der Waals surface area contributed by atoms with E-state index in [-0.39, 0.29) is 5.91 Å². The molecule has 1 fully saturated rings. The number of piperazine rings is 1. The molecule has 1 amide bonds. The molecule has 2 aromatic rings. The van der Waals surface area contributed by atoms with Gasteiger partial charge in [0.2, 0.25) is 5.95 Å². The summed E-state index contributed by atoms with van der Waals surface area (Å²) in [5, 5.41) is 3.18. The summed E-state index contributed by atoms with van der Waals surface area (Å²) < 4.78 is 0. The summed E-state index contributed by atoms with van der Waals surface area (Å²) in [6.07, 6.45) is 3.24. The zero-order valence-electron chi connectivity index (χ0n) is 12.9. The lowest BCUT2D eigenvalue weighted by Gasteiger charge is -2.32. The number of nitrogens with one attached hydrogen (secondary N) is 1. The molecule has 1 aromatic carbocycles. The maximum atomic E-state index is 12.2. The van der Waals surface area contributed by atoms with Gasteiger partial charge >= 0.3 is 0 Å². The van der Waals surface area contributed by atoms with Crippen molar-refractivity contribution >= 4 is 29.1 Å². The third kappa shape index (κ3) is 3.78. The van der Waals surface area contributed by atoms with Gasteiger partial charge < -0.3 is 15.1 Å². The van der Waals surface area contributed by atoms with Gasteiger partial charge in [-0.3, -0.25) is 4.79 Å². The molecule has 6 nitrogen and oxygen atoms in total. The van der Waals surface area contributed by atoms with Crippen LogP contribution in [0.25, 0.3) is 0 Å². The zero-order valence-corrected chi connectivity index (χ0v) is 13.6. The van der Waals surface area contributed by atoms with Gasteiger partial charge in [0.25, 0.3) is 5.91 Å². The molecule has 0 spiro atoms. The smallest absolute Gasteiger partial charge is 0.257 e. The number of benzene rings is 1. The number of aromatic nitrogens is 2. The number of carbonyl (C=O) groups is 1. The van der Waals surface area contributed by atoms with Crippen LogP contribution >= 0.6 is 11.6 Å². The number of hydrogen-bond donors (Lipinski definition) is 1. The maximum absolute atomic E-state index is 12.2. The minimum atomic E-state index is -0.272. The largest absolute Gasteiger partial charge is 0.338 e. The average molecular weight is 332 g/mol. The predicted molar refractivity (Wildman–Crippen MR) is 91.1 cm³/mol. The molecule has 0 unspecified atom stereocenters. The summed E-state index contributed by atoms with van der Waals surface area (Å²) in [4.78, 5) is 25.3. The highest BCUT2D eigenvalue weighted by molar-refractivity contribution is 6.34. The van der Waals surface area contributed by atoms with E-state index < -0.39 is 0 Å². The predicted octanol–water partition coefficient (Wildman–Crippen LogP) is 2.13. The van der Waals surface area contributed by atoms with E-state index in [2.05, 4.69) is 32.1 Å². The number of carbonyl (C=O) groups excluding carboxylic acids is 1. The van der Waals surface area contributed by atoms with E-state index >= 15 is 0 Å². The fourth-order valence-electron chi connectivity index (χ4n) is 2.40. The van der Waals surface area contributed by atoms with Crippen molar-refractivity contribution in [1.29, 1.82) is 0 Å². The third-order valence-electron chi connectivity index (χ3n) is 3.80. The minimum absolute atomic E-state index is 0.272. The van der Waals surface area contributed by atoms with Crippen LogP contribution in [0.5, 0.6) is 0 Å². The summed E-state index contributed by atoms with van der Waals surface area (Å²) in [6, 6.07) is 6.92. The Morgan fingerprint density at radius 2 is 1.78 bits per heavy atom. The molecular weight excluding hydrogens is 314 g/mol. The monoisotopic (exact) mass is 331 g/mol. The Kier molecular flexibility index (Phi) is 4.73. The van der Waals surface area contributed by atoms with Gasteiger partial charge in [0, 0.05) is 26.2 Å². The molecule has 1 aromatic heterocycles. The number of rotatable bonds is 3. The van der Waals surface area contributed by atoms with Crippen LogP contribution in [-0.2, 0) is 0 Å². The van der Waals surface area contributed by atoms with Crippen molar-refractivity contribution < 1.29 is 4.79 Å². The summed E-state index contributed by atoms with van der Waals surface area (Å²) >= 11 is 6.02. The topological polar surface area (TPSA) is 61.4 Å². The van der Waals surface area contributed by atoms with Crippen molar-refractivity contribution in [2.24, 2.45) is 0 Å². The van der Waals surface area contributed by atoms with Gasteiger partial charge in [-0.1, -0.05) is 23.7 Å². The second-order valence-corrected chi connectivity index (χ2v) is 5.90. The highest BCUT2D eigenvalue weighted by Gasteiger charge is 2.16. The molecule has 7 heteroatoms. The van der Waals surface area contributed by atoms with Gasteiger partial charge in [-0.15, -0.1) is 0 Å². The highest BCUT2D eigenvalue weighted by Crippen LogP contribution is 2.17. The van der Waals surface area contributed by atoms with Crippen molar-refractivity contribution in [1.82, 2.24) is 14.9 Å². The zero-order chi connectivity index (χ0) is 16.2. The van der Waals surface area contributed by atoms with Crippen LogP contribution in [0.1, 0.15) is 10.4 Å². The number of nitrogens with zero attached hydrogens (tertiary/aromatic N) is 4. The van der Waals surface area contributed by atoms with E-state index in [0.29, 0.717) is 22.2 Å². The standard InChI is InChI=1S/C16H18ClN5O/c1-21-6-8-22(9-7-21)16-18-10-12(11-19-16)20-15(23)13-4-2-3-5-14(13)17/h2-5,10-11H,6-9H2,1H3,(H,20,23). The Hall–Kier alpha value is -2.18. The molecule has 0 bridgehead atoms. The van der Waals surface area contributed by atoms with Crippen LogP contribution in [0.2, 0.25) is 5.02 Å². The van der Waals surface area contributed by atoms with E-state index in [1.807, 2.05) is 0 Å². The first kappa shape index (κ1) is 15.7. The molecule has 120 valence electrons. The number of likely N-dealkylation sites (N-methyl/N-ethyl adjacent to an activating group) is 1. The van der Waals surface area contributed by atoms with Gasteiger partial charge in [-0.2, -0.15) is 0 Å². The molecule has 0 radical (unpaired) electrons. The molecule has 23 heavy (non-hydrogen) atoms. The third-order valence-corrected chi connectivity index (χ3v) is 4.13. The van der Waals surface area contributed by atoms with Crippen molar-refractivity contribution in [2.75, 3.05) is 43.4 Å². The fraction of sp³-hybridized carbons (Fsp3) is 0.312. The van der Waals surface area contributed by atoms with Gasteiger partial charge in [-0.05, 0) is 19.2 Å². The molecule has 0 atom stereocenters. The molecule has 1 aliphatic rings. The van der Waals surface area contributed by atoms with Gasteiger partial charge in [-0.25, -0.2) is 9.97 Å². The summed E-state index contributed by atoms with van der Waals surface area (Å²) in [5.41, 5.74) is 0.977. The first-order valence-electron chi connectivity index (χ1n) is 7.45. The maximum Gasteiger partial charge on any atom is 0.257 e. The van der Waals surface area contributed by atoms with Crippen LogP contribution < -0.4 is 10.2 Å². The Morgan fingerprint density at radius 3 is 2.43 bits per heavy atom. The van der Waals surface area contributed by atoms with Gasteiger partial charge in [0.1, 0.15) is 0 Å². The molecule has 1 aliphatic heterocycles. The molecule has 1 N–H and O–H groups in total. The molecule has 0 saturated carbocycles. The quantitative estimate of drug-likeness (QED) is 0.933. The molecule has 3 rings (SSSR count). The van der Waals surface area contributed by atoms with E-state index in [1.165, 1.54) is 0 Å². The molecule has 2 heterocycles. The lowest BCUT2D eigenvalue weighted by Crippen LogP contribution is -2.45. The van der Waals surface area contributed by atoms with Crippen LogP contribution in [0.15, 0.2) is 36.7 Å². The number of halogens is 1. The van der Waals surface area contributed by atoms with Crippen LogP contribution in [0.3, 0.4) is 0 Å². The molecule has 0 aliphatic carbocycles. The number of hydrogen-bond acceptors (Lipinski definition) is 5. The Balaban J connectivity index is 1.66. The van der Waals surface area contributed by atoms with E-state index in [9.17, 15) is 4.79 Å². The Morgan fingerprint density at radius 1 is 1.13 bits per heavy atom. The minimum Gasteiger partial charge on any atom is -0.338 e. The SMILES string of the molecule is CN1CCN(c2ncc(NC(=O)c3ccccc3Cl)cn2)CC1. The second kappa shape index (κ2) is 6.93. The van der Waals surface area contributed by atoms with Crippen LogP contribution in [0, 0.1) is 0 Å². The molecule has 1 saturated heterocycles. The van der Waals surface area contributed by atoms with Crippen LogP contribution in [-0.4, -0.2) is 54.0 Å². The molecular formula is C16H18ClN5O. The Labute approximate surface area is 140 Å². The lowest BCUT2D eigenvalue weighted by molar-refractivity contribution is 0.102. The van der Waals surface area contributed by atoms with E-state index in [4.69, 9.17) is 11.6 Å². The van der Waals surface area contributed by atoms with E-state index in [0.717, 1.165) is 26.2 Å². The van der Waals surface area contributed by atoms with Gasteiger partial charge in [0.05, 0.1) is 28.7 Å². The van der Waals surface area contributed by atoms with Gasteiger partial charge in [0.15, 0.2) is 0 Å². The summed E-state index contributed by atoms with van der Waals surface area (Å²) in [6.45, 7) is 3.80. The van der Waals surface area contributed by atoms with Crippen molar-refractivity contribution in [3.8, 4) is 0 Å². The van der Waals surface area contributed by atoms with E-state index in [1.54, 1.807) is 36.7 Å². The van der Waals surface area contributed by atoms with Crippen LogP contribution in [0.4, 0.5) is 11.6 Å². The number of amides is 1. The van der Waals surface area contributed by atoms with Crippen molar-refractivity contribution in [2.45, 2.75) is 0 Å². The number of anilines is 2. The normalized spacial score (nSPS) is 15.5. The second-order valence-electron chi connectivity index (χ2n) is 5.50. The average Bonchev–Trinajstić information content (AvgIpc) is 2.57. The first-order chi connectivity index (χ1) is 11.1. The highest BCUT2D eigenvalue weighted by atomic mass is 35.5. The fourth-order valence-corrected chi connectivity index (χ4v) is 2.62. The van der Waals surface area contributed by atoms with Crippen molar-refractivity contribution in [3.05, 3.63) is 47.2 Å². The summed E-state index contributed by atoms with van der Waals surface area (Å²) in [5.74, 6) is 0.417. The van der Waals surface area contributed by atoms with Crippen molar-refractivity contribution in [3.63, 3.8) is 0 Å². The summed E-state index contributed by atoms with van der Waals surface area (Å²) in [7, 11) is 2.10. The first-order valence-corrected chi connectivity index (χ1v) is 7.83. The Bertz CT molecular complexity index is 683.